The van der Waals surface area contributed by atoms with Gasteiger partial charge in [-0.2, -0.15) is 13.2 Å². The molecule has 0 aliphatic rings. The summed E-state index contributed by atoms with van der Waals surface area (Å²) in [7, 11) is 0. The molecule has 0 radical (unpaired) electrons. The number of nitrogens with zero attached hydrogens (tertiary/aromatic N) is 1. The molecule has 0 atom stereocenters. The molecular formula is C9H7F3N2O2S. The van der Waals surface area contributed by atoms with Gasteiger partial charge in [0.05, 0.1) is 15.5 Å². The van der Waals surface area contributed by atoms with Crippen molar-refractivity contribution in [2.45, 2.75) is 12.6 Å². The highest BCUT2D eigenvalue weighted by atomic mass is 32.1. The molecule has 8 heteroatoms. The quantitative estimate of drug-likeness (QED) is 0.517. The molecule has 0 aliphatic carbocycles. The first-order chi connectivity index (χ1) is 7.70. The van der Waals surface area contributed by atoms with E-state index in [0.717, 1.165) is 12.1 Å². The van der Waals surface area contributed by atoms with Crippen LogP contribution in [0.4, 0.5) is 18.9 Å². The Hall–Kier alpha value is -1.70. The van der Waals surface area contributed by atoms with Gasteiger partial charge in [0.2, 0.25) is 0 Å². The zero-order valence-electron chi connectivity index (χ0n) is 8.32. The second-order valence-corrected chi connectivity index (χ2v) is 3.81. The number of nitrogens with two attached hydrogens (primary N) is 1. The Labute approximate surface area is 99.4 Å². The Balaban J connectivity index is 3.28. The Kier molecular flexibility index (Phi) is 3.66. The molecule has 17 heavy (non-hydrogen) atoms. The van der Waals surface area contributed by atoms with E-state index in [9.17, 15) is 23.3 Å². The van der Waals surface area contributed by atoms with Crippen LogP contribution < -0.4 is 5.73 Å². The van der Waals surface area contributed by atoms with Crippen molar-refractivity contribution in [3.63, 3.8) is 0 Å². The van der Waals surface area contributed by atoms with E-state index < -0.39 is 22.4 Å². The molecule has 4 nitrogen and oxygen atoms in total. The minimum absolute atomic E-state index is 0.0291. The molecule has 0 saturated heterocycles. The SMILES string of the molecule is NC(=S)Cc1cc([N+](=O)[O-])cc(C(F)(F)F)c1. The Morgan fingerprint density at radius 2 is 2.00 bits per heavy atom. The molecule has 0 aliphatic heterocycles. The smallest absolute Gasteiger partial charge is 0.393 e. The zero-order valence-corrected chi connectivity index (χ0v) is 9.14. The third-order valence-corrected chi connectivity index (χ3v) is 2.04. The number of nitro groups is 1. The van der Waals surface area contributed by atoms with E-state index in [1.165, 1.54) is 0 Å². The number of thiocarbonyl (C=S) groups is 1. The van der Waals surface area contributed by atoms with Gasteiger partial charge in [-0.25, -0.2) is 0 Å². The molecule has 2 N–H and O–H groups in total. The summed E-state index contributed by atoms with van der Waals surface area (Å²) in [5.41, 5.74) is 3.54. The van der Waals surface area contributed by atoms with Crippen LogP contribution in [0.25, 0.3) is 0 Å². The third kappa shape index (κ3) is 3.66. The Morgan fingerprint density at radius 1 is 1.41 bits per heavy atom. The molecule has 0 aromatic heterocycles. The standard InChI is InChI=1S/C9H7F3N2O2S/c10-9(11,12)6-1-5(3-8(13)17)2-7(4-6)14(15)16/h1-2,4H,3H2,(H2,13,17). The van der Waals surface area contributed by atoms with Crippen molar-refractivity contribution < 1.29 is 18.1 Å². The maximum absolute atomic E-state index is 12.5. The number of rotatable bonds is 3. The first kappa shape index (κ1) is 13.4. The number of hydrogen-bond acceptors (Lipinski definition) is 3. The van der Waals surface area contributed by atoms with Gasteiger partial charge >= 0.3 is 6.18 Å². The van der Waals surface area contributed by atoms with Gasteiger partial charge in [0.1, 0.15) is 0 Å². The molecule has 1 rings (SSSR count). The van der Waals surface area contributed by atoms with Crippen molar-refractivity contribution in [2.75, 3.05) is 0 Å². The molecule has 0 bridgehead atoms. The van der Waals surface area contributed by atoms with Gasteiger partial charge in [0.15, 0.2) is 0 Å². The average molecular weight is 264 g/mol. The molecule has 0 spiro atoms. The van der Waals surface area contributed by atoms with E-state index in [4.69, 9.17) is 5.73 Å². The molecule has 0 fully saturated rings. The molecule has 0 unspecified atom stereocenters. The Bertz CT molecular complexity index is 474. The summed E-state index contributed by atoms with van der Waals surface area (Å²) in [5.74, 6) is 0. The Morgan fingerprint density at radius 3 is 2.41 bits per heavy atom. The van der Waals surface area contributed by atoms with Crippen LogP contribution in [0.1, 0.15) is 11.1 Å². The van der Waals surface area contributed by atoms with Crippen molar-refractivity contribution in [1.82, 2.24) is 0 Å². The number of hydrogen-bond donors (Lipinski definition) is 1. The number of non-ortho nitro benzene ring substituents is 1. The molecule has 1 aromatic rings. The fourth-order valence-corrected chi connectivity index (χ4v) is 1.41. The predicted molar refractivity (Wildman–Crippen MR) is 58.6 cm³/mol. The van der Waals surface area contributed by atoms with Gasteiger partial charge in [0, 0.05) is 18.6 Å². The highest BCUT2D eigenvalue weighted by Crippen LogP contribution is 2.32. The fraction of sp³-hybridized carbons (Fsp3) is 0.222. The maximum atomic E-state index is 12.5. The monoisotopic (exact) mass is 264 g/mol. The fourth-order valence-electron chi connectivity index (χ4n) is 1.25. The van der Waals surface area contributed by atoms with Crippen molar-refractivity contribution in [3.05, 3.63) is 39.4 Å². The number of benzene rings is 1. The first-order valence-corrected chi connectivity index (χ1v) is 4.75. The number of nitro benzene ring substituents is 1. The normalized spacial score (nSPS) is 11.2. The lowest BCUT2D eigenvalue weighted by Gasteiger charge is -2.08. The molecule has 0 saturated carbocycles. The van der Waals surface area contributed by atoms with Crippen LogP contribution in [0.5, 0.6) is 0 Å². The molecule has 0 heterocycles. The van der Waals surface area contributed by atoms with Gasteiger partial charge in [-0.05, 0) is 11.6 Å². The van der Waals surface area contributed by atoms with Gasteiger partial charge < -0.3 is 5.73 Å². The lowest BCUT2D eigenvalue weighted by molar-refractivity contribution is -0.385. The lowest BCUT2D eigenvalue weighted by Crippen LogP contribution is -2.13. The summed E-state index contributed by atoms with van der Waals surface area (Å²) < 4.78 is 37.4. The summed E-state index contributed by atoms with van der Waals surface area (Å²) in [6.07, 6.45) is -4.75. The second-order valence-electron chi connectivity index (χ2n) is 3.29. The second kappa shape index (κ2) is 4.66. The van der Waals surface area contributed by atoms with Crippen LogP contribution in [-0.4, -0.2) is 9.91 Å². The van der Waals surface area contributed by atoms with Gasteiger partial charge in [-0.1, -0.05) is 12.2 Å². The first-order valence-electron chi connectivity index (χ1n) is 4.34. The van der Waals surface area contributed by atoms with Crippen molar-refractivity contribution in [3.8, 4) is 0 Å². The summed E-state index contributed by atoms with van der Waals surface area (Å²) in [6.45, 7) is 0. The van der Waals surface area contributed by atoms with E-state index in [1.807, 2.05) is 0 Å². The van der Waals surface area contributed by atoms with Crippen LogP contribution in [-0.2, 0) is 12.6 Å². The van der Waals surface area contributed by atoms with Gasteiger partial charge in [-0.15, -0.1) is 0 Å². The van der Waals surface area contributed by atoms with E-state index in [0.29, 0.717) is 6.07 Å². The molecule has 1 aromatic carbocycles. The lowest BCUT2D eigenvalue weighted by atomic mass is 10.1. The molecule has 92 valence electrons. The van der Waals surface area contributed by atoms with Crippen LogP contribution in [0, 0.1) is 10.1 Å². The van der Waals surface area contributed by atoms with Crippen molar-refractivity contribution >= 4 is 22.9 Å². The third-order valence-electron chi connectivity index (χ3n) is 1.89. The van der Waals surface area contributed by atoms with Crippen LogP contribution in [0.15, 0.2) is 18.2 Å². The van der Waals surface area contributed by atoms with Crippen LogP contribution in [0.2, 0.25) is 0 Å². The van der Waals surface area contributed by atoms with Gasteiger partial charge in [-0.3, -0.25) is 10.1 Å². The topological polar surface area (TPSA) is 69.2 Å². The van der Waals surface area contributed by atoms with Crippen LogP contribution in [0.3, 0.4) is 0 Å². The summed E-state index contributed by atoms with van der Waals surface area (Å²) >= 11 is 4.55. The minimum Gasteiger partial charge on any atom is -0.393 e. The van der Waals surface area contributed by atoms with Crippen molar-refractivity contribution in [2.24, 2.45) is 5.73 Å². The van der Waals surface area contributed by atoms with E-state index in [2.05, 4.69) is 12.2 Å². The molecule has 0 amide bonds. The van der Waals surface area contributed by atoms with Gasteiger partial charge in [0.25, 0.3) is 5.69 Å². The average Bonchev–Trinajstić information content (AvgIpc) is 2.14. The van der Waals surface area contributed by atoms with E-state index in [1.54, 1.807) is 0 Å². The summed E-state index contributed by atoms with van der Waals surface area (Å²) in [5, 5.41) is 10.5. The highest BCUT2D eigenvalue weighted by Gasteiger charge is 2.32. The molecular weight excluding hydrogens is 257 g/mol. The van der Waals surface area contributed by atoms with E-state index in [-0.39, 0.29) is 17.0 Å². The number of halogens is 3. The largest absolute Gasteiger partial charge is 0.416 e. The predicted octanol–water partition coefficient (Wildman–Crippen LogP) is 2.44. The zero-order chi connectivity index (χ0) is 13.2. The number of alkyl halides is 3. The minimum atomic E-state index is -4.64. The van der Waals surface area contributed by atoms with Crippen molar-refractivity contribution in [1.29, 1.82) is 0 Å². The highest BCUT2D eigenvalue weighted by molar-refractivity contribution is 7.80. The van der Waals surface area contributed by atoms with E-state index >= 15 is 0 Å². The van der Waals surface area contributed by atoms with Crippen LogP contribution >= 0.6 is 12.2 Å². The summed E-state index contributed by atoms with van der Waals surface area (Å²) in [4.78, 5) is 9.57. The maximum Gasteiger partial charge on any atom is 0.416 e. The summed E-state index contributed by atoms with van der Waals surface area (Å²) in [6, 6.07) is 2.30.